The average Bonchev–Trinajstić information content (AvgIpc) is 2.30. The third kappa shape index (κ3) is 4.08. The second-order valence-corrected chi connectivity index (χ2v) is 4.27. The highest BCUT2D eigenvalue weighted by Crippen LogP contribution is 2.19. The summed E-state index contributed by atoms with van der Waals surface area (Å²) >= 11 is 3.05. The van der Waals surface area contributed by atoms with Crippen molar-refractivity contribution in [3.05, 3.63) is 28.5 Å². The number of amides is 1. The third-order valence-electron chi connectivity index (χ3n) is 2.06. The lowest BCUT2D eigenvalue weighted by molar-refractivity contribution is -0.121. The van der Waals surface area contributed by atoms with E-state index in [1.165, 1.54) is 6.07 Å². The van der Waals surface area contributed by atoms with Gasteiger partial charge in [0.05, 0.1) is 11.0 Å². The summed E-state index contributed by atoms with van der Waals surface area (Å²) in [6, 6.07) is 4.08. The predicted octanol–water partition coefficient (Wildman–Crippen LogP) is 2.14. The van der Waals surface area contributed by atoms with Crippen LogP contribution in [0.15, 0.2) is 22.7 Å². The fourth-order valence-electron chi connectivity index (χ4n) is 1.19. The van der Waals surface area contributed by atoms with E-state index in [0.717, 1.165) is 0 Å². The van der Waals surface area contributed by atoms with Crippen LogP contribution >= 0.6 is 15.9 Å². The highest BCUT2D eigenvalue weighted by Gasteiger charge is 2.12. The van der Waals surface area contributed by atoms with E-state index < -0.39 is 6.04 Å². The van der Waals surface area contributed by atoms with Crippen LogP contribution in [0, 0.1) is 18.2 Å². The molecule has 1 rings (SSSR count). The lowest BCUT2D eigenvalue weighted by atomic mass is 10.2. The molecular formula is C12H12BrFN2O. The summed E-state index contributed by atoms with van der Waals surface area (Å²) in [7, 11) is 0. The van der Waals surface area contributed by atoms with Crippen molar-refractivity contribution in [3.63, 3.8) is 0 Å². The highest BCUT2D eigenvalue weighted by molar-refractivity contribution is 9.10. The monoisotopic (exact) mass is 298 g/mol. The number of benzene rings is 1. The number of nitrogens with one attached hydrogen (secondary N) is 2. The van der Waals surface area contributed by atoms with Gasteiger partial charge >= 0.3 is 0 Å². The summed E-state index contributed by atoms with van der Waals surface area (Å²) in [5, 5.41) is 5.41. The molecule has 0 radical (unpaired) electrons. The molecule has 0 heterocycles. The van der Waals surface area contributed by atoms with Gasteiger partial charge in [-0.25, -0.2) is 4.39 Å². The molecule has 5 heteroatoms. The molecule has 0 aliphatic carbocycles. The largest absolute Gasteiger partial charge is 0.374 e. The second-order valence-electron chi connectivity index (χ2n) is 3.42. The Balaban J connectivity index is 2.62. The number of anilines is 1. The molecule has 3 nitrogen and oxygen atoms in total. The van der Waals surface area contributed by atoms with E-state index in [1.807, 2.05) is 0 Å². The molecule has 0 aliphatic heterocycles. The van der Waals surface area contributed by atoms with Crippen molar-refractivity contribution >= 4 is 27.5 Å². The normalized spacial score (nSPS) is 11.4. The van der Waals surface area contributed by atoms with Gasteiger partial charge in [0, 0.05) is 5.69 Å². The van der Waals surface area contributed by atoms with Crippen LogP contribution in [0.2, 0.25) is 0 Å². The molecule has 0 aromatic heterocycles. The van der Waals surface area contributed by atoms with Crippen molar-refractivity contribution in [2.24, 2.45) is 0 Å². The summed E-state index contributed by atoms with van der Waals surface area (Å²) in [5.74, 6) is 1.69. The molecular weight excluding hydrogens is 287 g/mol. The van der Waals surface area contributed by atoms with Gasteiger partial charge in [0.1, 0.15) is 11.9 Å². The summed E-state index contributed by atoms with van der Waals surface area (Å²) in [5.41, 5.74) is 0.536. The Morgan fingerprint density at radius 3 is 2.94 bits per heavy atom. The van der Waals surface area contributed by atoms with Gasteiger partial charge in [-0.2, -0.15) is 0 Å². The van der Waals surface area contributed by atoms with E-state index in [4.69, 9.17) is 6.42 Å². The molecule has 0 saturated carbocycles. The Hall–Kier alpha value is -1.54. The fraction of sp³-hybridized carbons (Fsp3) is 0.250. The van der Waals surface area contributed by atoms with Gasteiger partial charge in [-0.15, -0.1) is 6.42 Å². The standard InChI is InChI=1S/C12H12BrFN2O/c1-3-6-15-12(17)8(2)16-9-4-5-10(13)11(14)7-9/h1,4-5,7-8,16H,6H2,2H3,(H,15,17). The Labute approximate surface area is 108 Å². The Kier molecular flexibility index (Phi) is 4.98. The van der Waals surface area contributed by atoms with Crippen molar-refractivity contribution < 1.29 is 9.18 Å². The molecule has 1 aromatic rings. The molecule has 0 spiro atoms. The molecule has 2 N–H and O–H groups in total. The highest BCUT2D eigenvalue weighted by atomic mass is 79.9. The minimum atomic E-state index is -0.482. The number of carbonyl (C=O) groups is 1. The van der Waals surface area contributed by atoms with Gasteiger partial charge in [0.25, 0.3) is 0 Å². The van der Waals surface area contributed by atoms with Crippen molar-refractivity contribution in [3.8, 4) is 12.3 Å². The molecule has 0 fully saturated rings. The second kappa shape index (κ2) is 6.26. The van der Waals surface area contributed by atoms with Crippen LogP contribution in [0.5, 0.6) is 0 Å². The molecule has 1 aromatic carbocycles. The van der Waals surface area contributed by atoms with Crippen LogP contribution in [0.1, 0.15) is 6.92 Å². The first-order valence-corrected chi connectivity index (χ1v) is 5.76. The van der Waals surface area contributed by atoms with Crippen LogP contribution in [0.25, 0.3) is 0 Å². The van der Waals surface area contributed by atoms with E-state index in [9.17, 15) is 9.18 Å². The van der Waals surface area contributed by atoms with E-state index in [2.05, 4.69) is 32.5 Å². The first-order valence-electron chi connectivity index (χ1n) is 4.97. The summed E-state index contributed by atoms with van der Waals surface area (Å²) in [6.07, 6.45) is 5.03. The quantitative estimate of drug-likeness (QED) is 0.836. The van der Waals surface area contributed by atoms with Gasteiger partial charge < -0.3 is 10.6 Å². The number of hydrogen-bond donors (Lipinski definition) is 2. The molecule has 1 unspecified atom stereocenters. The van der Waals surface area contributed by atoms with Crippen molar-refractivity contribution in [2.45, 2.75) is 13.0 Å². The van der Waals surface area contributed by atoms with Crippen LogP contribution in [0.3, 0.4) is 0 Å². The first kappa shape index (κ1) is 13.5. The SMILES string of the molecule is C#CCNC(=O)C(C)Nc1ccc(Br)c(F)c1. The summed E-state index contributed by atoms with van der Waals surface area (Å²) in [4.78, 5) is 11.5. The maximum atomic E-state index is 13.2. The molecule has 0 bridgehead atoms. The molecule has 0 aliphatic rings. The number of terminal acetylenes is 1. The van der Waals surface area contributed by atoms with Crippen molar-refractivity contribution in [1.82, 2.24) is 5.32 Å². The summed E-state index contributed by atoms with van der Waals surface area (Å²) in [6.45, 7) is 1.85. The molecule has 90 valence electrons. The third-order valence-corrected chi connectivity index (χ3v) is 2.70. The van der Waals surface area contributed by atoms with E-state index >= 15 is 0 Å². The minimum absolute atomic E-state index is 0.180. The van der Waals surface area contributed by atoms with Crippen LogP contribution in [0.4, 0.5) is 10.1 Å². The van der Waals surface area contributed by atoms with E-state index in [0.29, 0.717) is 10.2 Å². The maximum absolute atomic E-state index is 13.2. The Morgan fingerprint density at radius 2 is 2.35 bits per heavy atom. The van der Waals surface area contributed by atoms with Gasteiger partial charge in [-0.05, 0) is 41.1 Å². The lowest BCUT2D eigenvalue weighted by Crippen LogP contribution is -2.37. The Morgan fingerprint density at radius 1 is 1.65 bits per heavy atom. The minimum Gasteiger partial charge on any atom is -0.374 e. The Bertz CT molecular complexity index is 456. The predicted molar refractivity (Wildman–Crippen MR) is 69.0 cm³/mol. The maximum Gasteiger partial charge on any atom is 0.242 e. The van der Waals surface area contributed by atoms with Crippen LogP contribution in [-0.4, -0.2) is 18.5 Å². The number of carbonyl (C=O) groups excluding carboxylic acids is 1. The molecule has 0 saturated heterocycles. The fourth-order valence-corrected chi connectivity index (χ4v) is 1.44. The average molecular weight is 299 g/mol. The van der Waals surface area contributed by atoms with E-state index in [-0.39, 0.29) is 18.3 Å². The van der Waals surface area contributed by atoms with Crippen molar-refractivity contribution in [2.75, 3.05) is 11.9 Å². The van der Waals surface area contributed by atoms with Crippen LogP contribution in [-0.2, 0) is 4.79 Å². The summed E-state index contributed by atoms with van der Waals surface area (Å²) < 4.78 is 13.6. The zero-order valence-electron chi connectivity index (χ0n) is 9.26. The molecule has 1 atom stereocenters. The van der Waals surface area contributed by atoms with Gasteiger partial charge in [-0.3, -0.25) is 4.79 Å². The first-order chi connectivity index (χ1) is 8.04. The van der Waals surface area contributed by atoms with Gasteiger partial charge in [-0.1, -0.05) is 5.92 Å². The van der Waals surface area contributed by atoms with Gasteiger partial charge in [0.15, 0.2) is 0 Å². The van der Waals surface area contributed by atoms with Gasteiger partial charge in [0.2, 0.25) is 5.91 Å². The molecule has 1 amide bonds. The topological polar surface area (TPSA) is 41.1 Å². The molecule has 17 heavy (non-hydrogen) atoms. The number of hydrogen-bond acceptors (Lipinski definition) is 2. The zero-order chi connectivity index (χ0) is 12.8. The number of rotatable bonds is 4. The number of halogens is 2. The zero-order valence-corrected chi connectivity index (χ0v) is 10.8. The smallest absolute Gasteiger partial charge is 0.242 e. The van der Waals surface area contributed by atoms with E-state index in [1.54, 1.807) is 19.1 Å². The van der Waals surface area contributed by atoms with Crippen LogP contribution < -0.4 is 10.6 Å². The lowest BCUT2D eigenvalue weighted by Gasteiger charge is -2.14. The van der Waals surface area contributed by atoms with Crippen molar-refractivity contribution in [1.29, 1.82) is 0 Å².